The van der Waals surface area contributed by atoms with E-state index in [2.05, 4.69) is 0 Å². The number of carbonyl (C=O) groups is 1. The maximum atomic E-state index is 14.6. The molecule has 1 aromatic heterocycles. The summed E-state index contributed by atoms with van der Waals surface area (Å²) in [5.74, 6) is -2.47. The van der Waals surface area contributed by atoms with Crippen molar-refractivity contribution in [1.29, 1.82) is 0 Å². The first-order valence-electron chi connectivity index (χ1n) is 9.16. The number of carboxylic acid groups (broad SMARTS) is 1. The first kappa shape index (κ1) is 19.6. The van der Waals surface area contributed by atoms with Gasteiger partial charge in [-0.05, 0) is 54.3 Å². The zero-order valence-corrected chi connectivity index (χ0v) is 16.5. The van der Waals surface area contributed by atoms with Crippen LogP contribution in [0.5, 0.6) is 0 Å². The fourth-order valence-electron chi connectivity index (χ4n) is 4.06. The lowest BCUT2D eigenvalue weighted by molar-refractivity contribution is -0.142. The lowest BCUT2D eigenvalue weighted by atomic mass is 9.94. The molecule has 1 N–H and O–H groups in total. The van der Waals surface area contributed by atoms with Crippen molar-refractivity contribution in [2.45, 2.75) is 30.7 Å². The summed E-state index contributed by atoms with van der Waals surface area (Å²) in [6.45, 7) is 0.280. The van der Waals surface area contributed by atoms with E-state index in [9.17, 15) is 27.1 Å². The van der Waals surface area contributed by atoms with Crippen LogP contribution in [0.1, 0.15) is 23.2 Å². The lowest BCUT2D eigenvalue weighted by Crippen LogP contribution is -2.26. The Morgan fingerprint density at radius 3 is 2.62 bits per heavy atom. The maximum absolute atomic E-state index is 14.6. The van der Waals surface area contributed by atoms with Gasteiger partial charge in [0.25, 0.3) is 0 Å². The summed E-state index contributed by atoms with van der Waals surface area (Å²) in [6.07, 6.45) is 2.12. The van der Waals surface area contributed by atoms with Gasteiger partial charge in [-0.3, -0.25) is 4.79 Å². The Morgan fingerprint density at radius 2 is 1.97 bits per heavy atom. The minimum absolute atomic E-state index is 0.0992. The number of carboxylic acids is 1. The topological polar surface area (TPSA) is 76.4 Å². The van der Waals surface area contributed by atoms with E-state index in [4.69, 9.17) is 0 Å². The van der Waals surface area contributed by atoms with Gasteiger partial charge in [-0.25, -0.2) is 17.2 Å². The van der Waals surface area contributed by atoms with Crippen molar-refractivity contribution in [2.75, 3.05) is 6.26 Å². The second kappa shape index (κ2) is 6.95. The molecule has 0 saturated carbocycles. The largest absolute Gasteiger partial charge is 0.481 e. The van der Waals surface area contributed by atoms with Gasteiger partial charge in [-0.2, -0.15) is 0 Å². The number of nitrogens with zero attached hydrogens (tertiary/aromatic N) is 1. The molecule has 0 amide bonds. The first-order valence-corrected chi connectivity index (χ1v) is 11.0. The number of hydrogen-bond acceptors (Lipinski definition) is 3. The predicted molar refractivity (Wildman–Crippen MR) is 104 cm³/mol. The number of sulfone groups is 1. The van der Waals surface area contributed by atoms with E-state index in [-0.39, 0.29) is 17.9 Å². The van der Waals surface area contributed by atoms with Gasteiger partial charge < -0.3 is 9.67 Å². The molecule has 0 spiro atoms. The number of fused-ring (bicyclic) bond motifs is 3. The summed E-state index contributed by atoms with van der Waals surface area (Å²) in [4.78, 5) is 11.3. The Balaban J connectivity index is 1.83. The van der Waals surface area contributed by atoms with Crippen LogP contribution in [0.4, 0.5) is 8.78 Å². The van der Waals surface area contributed by atoms with Crippen LogP contribution in [0.3, 0.4) is 0 Å². The number of rotatable bonds is 4. The molecule has 1 unspecified atom stereocenters. The van der Waals surface area contributed by atoms with Gasteiger partial charge in [-0.1, -0.05) is 6.07 Å². The van der Waals surface area contributed by atoms with Crippen molar-refractivity contribution < 1.29 is 27.1 Å². The Bertz CT molecular complexity index is 1250. The van der Waals surface area contributed by atoms with Gasteiger partial charge in [0.2, 0.25) is 0 Å². The van der Waals surface area contributed by atoms with Crippen molar-refractivity contribution in [3.05, 3.63) is 64.9 Å². The third-order valence-corrected chi connectivity index (χ3v) is 6.66. The van der Waals surface area contributed by atoms with Gasteiger partial charge >= 0.3 is 5.97 Å². The van der Waals surface area contributed by atoms with Crippen molar-refractivity contribution in [1.82, 2.24) is 4.57 Å². The molecule has 1 aliphatic heterocycles. The SMILES string of the molecule is CS(=O)(=O)c1ccc(Cc2c3n(c4ccc(F)cc24)CC(C(=O)O)CC3)c(F)c1. The van der Waals surface area contributed by atoms with E-state index >= 15 is 0 Å². The Labute approximate surface area is 166 Å². The molecule has 1 atom stereocenters. The van der Waals surface area contributed by atoms with E-state index in [1.807, 2.05) is 4.57 Å². The summed E-state index contributed by atoms with van der Waals surface area (Å²) in [6, 6.07) is 8.12. The van der Waals surface area contributed by atoms with Gasteiger partial charge in [0.1, 0.15) is 11.6 Å². The number of hydrogen-bond donors (Lipinski definition) is 1. The van der Waals surface area contributed by atoms with Crippen LogP contribution in [0.25, 0.3) is 10.9 Å². The fourth-order valence-corrected chi connectivity index (χ4v) is 4.69. The van der Waals surface area contributed by atoms with Crippen LogP contribution < -0.4 is 0 Å². The predicted octanol–water partition coefficient (Wildman–Crippen LogP) is 3.56. The van der Waals surface area contributed by atoms with Gasteiger partial charge in [0.15, 0.2) is 9.84 Å². The van der Waals surface area contributed by atoms with Crippen LogP contribution in [0.15, 0.2) is 41.3 Å². The molecule has 4 rings (SSSR count). The summed E-state index contributed by atoms with van der Waals surface area (Å²) in [7, 11) is -3.52. The van der Waals surface area contributed by atoms with E-state index < -0.39 is 33.4 Å². The third kappa shape index (κ3) is 3.53. The van der Waals surface area contributed by atoms with Crippen molar-refractivity contribution in [3.63, 3.8) is 0 Å². The quantitative estimate of drug-likeness (QED) is 0.702. The molecule has 0 radical (unpaired) electrons. The molecule has 29 heavy (non-hydrogen) atoms. The highest BCUT2D eigenvalue weighted by Gasteiger charge is 2.29. The monoisotopic (exact) mass is 419 g/mol. The highest BCUT2D eigenvalue weighted by molar-refractivity contribution is 7.90. The Hall–Kier alpha value is -2.74. The molecule has 0 fully saturated rings. The molecular formula is C21H19F2NO4S. The summed E-state index contributed by atoms with van der Waals surface area (Å²) >= 11 is 0. The Kier molecular flexibility index (Phi) is 4.69. The maximum Gasteiger partial charge on any atom is 0.308 e. The molecule has 0 saturated heterocycles. The average Bonchev–Trinajstić information content (AvgIpc) is 2.94. The van der Waals surface area contributed by atoms with Crippen molar-refractivity contribution in [2.24, 2.45) is 5.92 Å². The first-order chi connectivity index (χ1) is 13.6. The third-order valence-electron chi connectivity index (χ3n) is 5.55. The smallest absolute Gasteiger partial charge is 0.308 e. The molecule has 2 heterocycles. The molecule has 5 nitrogen and oxygen atoms in total. The standard InChI is InChI=1S/C21H19F2NO4S/c1-29(27,28)15-5-2-12(18(23)10-15)8-16-17-9-14(22)4-7-20(17)24-11-13(21(25)26)3-6-19(16)24/h2,4-5,7,9-10,13H,3,6,8,11H2,1H3,(H,25,26). The van der Waals surface area contributed by atoms with Crippen LogP contribution in [0.2, 0.25) is 0 Å². The van der Waals surface area contributed by atoms with Crippen molar-refractivity contribution in [3.8, 4) is 0 Å². The second-order valence-electron chi connectivity index (χ2n) is 7.47. The van der Waals surface area contributed by atoms with Gasteiger partial charge in [0.05, 0.1) is 10.8 Å². The molecule has 8 heteroatoms. The fraction of sp³-hybridized carbons (Fsp3) is 0.286. The molecule has 0 aliphatic carbocycles. The molecule has 3 aromatic rings. The zero-order valence-electron chi connectivity index (χ0n) is 15.7. The number of aromatic nitrogens is 1. The summed E-state index contributed by atoms with van der Waals surface area (Å²) in [5.41, 5.74) is 2.64. The summed E-state index contributed by atoms with van der Waals surface area (Å²) < 4.78 is 53.7. The normalized spacial score (nSPS) is 16.7. The molecule has 1 aliphatic rings. The number of benzene rings is 2. The van der Waals surface area contributed by atoms with Crippen LogP contribution >= 0.6 is 0 Å². The van der Waals surface area contributed by atoms with Crippen LogP contribution in [-0.2, 0) is 34.0 Å². The average molecular weight is 419 g/mol. The van der Waals surface area contributed by atoms with Crippen LogP contribution in [-0.4, -0.2) is 30.3 Å². The molecular weight excluding hydrogens is 400 g/mol. The highest BCUT2D eigenvalue weighted by atomic mass is 32.2. The zero-order chi connectivity index (χ0) is 20.9. The van der Waals surface area contributed by atoms with E-state index in [0.29, 0.717) is 23.8 Å². The Morgan fingerprint density at radius 1 is 1.21 bits per heavy atom. The molecule has 0 bridgehead atoms. The van der Waals surface area contributed by atoms with Gasteiger partial charge in [-0.15, -0.1) is 0 Å². The van der Waals surface area contributed by atoms with Gasteiger partial charge in [0, 0.05) is 35.8 Å². The summed E-state index contributed by atoms with van der Waals surface area (Å²) in [5, 5.41) is 10.0. The molecule has 2 aromatic carbocycles. The minimum atomic E-state index is -3.52. The van der Waals surface area contributed by atoms with E-state index in [1.165, 1.54) is 24.3 Å². The molecule has 152 valence electrons. The van der Waals surface area contributed by atoms with Crippen LogP contribution in [0, 0.1) is 17.6 Å². The second-order valence-corrected chi connectivity index (χ2v) is 9.49. The highest BCUT2D eigenvalue weighted by Crippen LogP contribution is 2.35. The van der Waals surface area contributed by atoms with E-state index in [1.54, 1.807) is 6.07 Å². The minimum Gasteiger partial charge on any atom is -0.481 e. The number of aliphatic carboxylic acids is 1. The van der Waals surface area contributed by atoms with Crippen molar-refractivity contribution >= 4 is 26.7 Å². The van der Waals surface area contributed by atoms with E-state index in [0.717, 1.165) is 29.1 Å². The lowest BCUT2D eigenvalue weighted by Gasteiger charge is -2.23. The number of halogens is 2.